The molecule has 2 amide bonds. The Bertz CT molecular complexity index is 1320. The molecule has 0 aliphatic carbocycles. The van der Waals surface area contributed by atoms with E-state index in [1.807, 2.05) is 0 Å². The number of rotatable bonds is 7. The van der Waals surface area contributed by atoms with Gasteiger partial charge in [-0.3, -0.25) is 14.6 Å². The molecule has 4 aromatic rings. The first-order valence-corrected chi connectivity index (χ1v) is 10.5. The van der Waals surface area contributed by atoms with E-state index >= 15 is 0 Å². The van der Waals surface area contributed by atoms with Gasteiger partial charge in [-0.05, 0) is 48.0 Å². The van der Waals surface area contributed by atoms with Gasteiger partial charge in [-0.15, -0.1) is 0 Å². The fourth-order valence-electron chi connectivity index (χ4n) is 3.51. The van der Waals surface area contributed by atoms with E-state index in [4.69, 9.17) is 0 Å². The number of halogens is 3. The summed E-state index contributed by atoms with van der Waals surface area (Å²) in [4.78, 5) is 36.1. The molecule has 0 aliphatic rings. The normalized spacial score (nSPS) is 11.5. The molecule has 0 aliphatic heterocycles. The predicted molar refractivity (Wildman–Crippen MR) is 122 cm³/mol. The minimum atomic E-state index is -1.44. The van der Waals surface area contributed by atoms with Gasteiger partial charge in [-0.25, -0.2) is 18.2 Å². The summed E-state index contributed by atoms with van der Waals surface area (Å²) in [5.41, 5.74) is 0.628. The lowest BCUT2D eigenvalue weighted by molar-refractivity contribution is -0.121. The molecule has 0 bridgehead atoms. The highest BCUT2D eigenvalue weighted by atomic mass is 19.1. The van der Waals surface area contributed by atoms with E-state index in [1.54, 1.807) is 6.07 Å². The van der Waals surface area contributed by atoms with Gasteiger partial charge in [0.25, 0.3) is 11.8 Å². The van der Waals surface area contributed by atoms with E-state index in [2.05, 4.69) is 15.3 Å². The molecule has 0 unspecified atom stereocenters. The Morgan fingerprint density at radius 3 is 2.14 bits per heavy atom. The van der Waals surface area contributed by atoms with Crippen molar-refractivity contribution in [2.75, 3.05) is 5.32 Å². The van der Waals surface area contributed by atoms with Crippen LogP contribution in [0.25, 0.3) is 0 Å². The van der Waals surface area contributed by atoms with E-state index in [0.717, 1.165) is 17.0 Å². The van der Waals surface area contributed by atoms with Crippen LogP contribution in [0.4, 0.5) is 18.9 Å². The molecule has 9 heteroatoms. The average Bonchev–Trinajstić information content (AvgIpc) is 2.87. The van der Waals surface area contributed by atoms with Crippen LogP contribution in [0.2, 0.25) is 0 Å². The number of nitrogens with zero attached hydrogens (tertiary/aromatic N) is 3. The number of carbonyl (C=O) groups is 2. The number of carbonyl (C=O) groups excluding carboxylic acids is 2. The first-order valence-electron chi connectivity index (χ1n) is 10.5. The molecule has 35 heavy (non-hydrogen) atoms. The summed E-state index contributed by atoms with van der Waals surface area (Å²) in [5.74, 6) is -3.10. The molecule has 1 aromatic heterocycles. The maximum atomic E-state index is 15.0. The van der Waals surface area contributed by atoms with Crippen molar-refractivity contribution in [3.63, 3.8) is 0 Å². The first-order chi connectivity index (χ1) is 16.9. The lowest BCUT2D eigenvalue weighted by Gasteiger charge is -2.31. The highest BCUT2D eigenvalue weighted by Gasteiger charge is 2.34. The SMILES string of the molecule is O=C(Nc1ccc(F)cc1)[C@H](c1ccccc1F)N(Cc1ccc(F)cc1)C(=O)c1cnccn1. The molecule has 3 aromatic carbocycles. The molecular formula is C26H19F3N4O2. The minimum absolute atomic E-state index is 0.0635. The van der Waals surface area contributed by atoms with Crippen molar-refractivity contribution in [2.45, 2.75) is 12.6 Å². The van der Waals surface area contributed by atoms with Gasteiger partial charge >= 0.3 is 0 Å². The summed E-state index contributed by atoms with van der Waals surface area (Å²) in [7, 11) is 0. The number of hydrogen-bond donors (Lipinski definition) is 1. The predicted octanol–water partition coefficient (Wildman–Crippen LogP) is 4.92. The Labute approximate surface area is 199 Å². The second-order valence-electron chi connectivity index (χ2n) is 7.57. The molecule has 0 fully saturated rings. The quantitative estimate of drug-likeness (QED) is 0.411. The maximum Gasteiger partial charge on any atom is 0.275 e. The number of aromatic nitrogens is 2. The van der Waals surface area contributed by atoms with Crippen LogP contribution in [0, 0.1) is 17.5 Å². The molecular weight excluding hydrogens is 457 g/mol. The van der Waals surface area contributed by atoms with Crippen molar-refractivity contribution in [2.24, 2.45) is 0 Å². The van der Waals surface area contributed by atoms with E-state index in [1.165, 1.54) is 73.2 Å². The van der Waals surface area contributed by atoms with E-state index in [0.29, 0.717) is 5.56 Å². The van der Waals surface area contributed by atoms with Gasteiger partial charge in [-0.2, -0.15) is 0 Å². The highest BCUT2D eigenvalue weighted by molar-refractivity contribution is 6.00. The molecule has 4 rings (SSSR count). The summed E-state index contributed by atoms with van der Waals surface area (Å²) in [5, 5.41) is 2.61. The van der Waals surface area contributed by atoms with Crippen molar-refractivity contribution in [3.05, 3.63) is 126 Å². The van der Waals surface area contributed by atoms with Crippen LogP contribution >= 0.6 is 0 Å². The van der Waals surface area contributed by atoms with E-state index < -0.39 is 35.3 Å². The van der Waals surface area contributed by atoms with Gasteiger partial charge < -0.3 is 10.2 Å². The van der Waals surface area contributed by atoms with Crippen molar-refractivity contribution >= 4 is 17.5 Å². The summed E-state index contributed by atoms with van der Waals surface area (Å²) < 4.78 is 41.8. The van der Waals surface area contributed by atoms with Gasteiger partial charge in [0.15, 0.2) is 0 Å². The van der Waals surface area contributed by atoms with Crippen molar-refractivity contribution in [3.8, 4) is 0 Å². The average molecular weight is 476 g/mol. The Morgan fingerprint density at radius 1 is 0.857 bits per heavy atom. The lowest BCUT2D eigenvalue weighted by Crippen LogP contribution is -2.41. The monoisotopic (exact) mass is 476 g/mol. The van der Waals surface area contributed by atoms with Crippen molar-refractivity contribution in [1.29, 1.82) is 0 Å². The van der Waals surface area contributed by atoms with Crippen LogP contribution in [0.1, 0.15) is 27.7 Å². The molecule has 0 radical (unpaired) electrons. The number of amides is 2. The van der Waals surface area contributed by atoms with E-state index in [9.17, 15) is 22.8 Å². The Kier molecular flexibility index (Phi) is 7.15. The lowest BCUT2D eigenvalue weighted by atomic mass is 10.0. The Morgan fingerprint density at radius 2 is 1.51 bits per heavy atom. The first kappa shape index (κ1) is 23.6. The second-order valence-corrected chi connectivity index (χ2v) is 7.57. The molecule has 1 heterocycles. The van der Waals surface area contributed by atoms with Gasteiger partial charge in [-0.1, -0.05) is 30.3 Å². The number of anilines is 1. The zero-order chi connectivity index (χ0) is 24.8. The van der Waals surface area contributed by atoms with Crippen LogP contribution in [-0.2, 0) is 11.3 Å². The zero-order valence-corrected chi connectivity index (χ0v) is 18.2. The van der Waals surface area contributed by atoms with E-state index in [-0.39, 0.29) is 23.5 Å². The van der Waals surface area contributed by atoms with Crippen molar-refractivity contribution in [1.82, 2.24) is 14.9 Å². The highest BCUT2D eigenvalue weighted by Crippen LogP contribution is 2.29. The maximum absolute atomic E-state index is 15.0. The summed E-state index contributed by atoms with van der Waals surface area (Å²) in [6.07, 6.45) is 3.94. The fourth-order valence-corrected chi connectivity index (χ4v) is 3.51. The number of nitrogens with one attached hydrogen (secondary N) is 1. The molecule has 0 saturated heterocycles. The van der Waals surface area contributed by atoms with Crippen LogP contribution in [0.15, 0.2) is 91.4 Å². The van der Waals surface area contributed by atoms with Gasteiger partial charge in [0.05, 0.1) is 6.20 Å². The largest absolute Gasteiger partial charge is 0.324 e. The zero-order valence-electron chi connectivity index (χ0n) is 18.2. The summed E-state index contributed by atoms with van der Waals surface area (Å²) >= 11 is 0. The number of hydrogen-bond acceptors (Lipinski definition) is 4. The van der Waals surface area contributed by atoms with Gasteiger partial charge in [0, 0.05) is 30.2 Å². The Hall–Kier alpha value is -4.53. The third kappa shape index (κ3) is 5.70. The van der Waals surface area contributed by atoms with Crippen LogP contribution in [0.5, 0.6) is 0 Å². The third-order valence-electron chi connectivity index (χ3n) is 5.18. The molecule has 176 valence electrons. The minimum Gasteiger partial charge on any atom is -0.324 e. The van der Waals surface area contributed by atoms with Crippen LogP contribution in [-0.4, -0.2) is 26.7 Å². The molecule has 1 N–H and O–H groups in total. The molecule has 0 spiro atoms. The topological polar surface area (TPSA) is 75.2 Å². The molecule has 0 saturated carbocycles. The standard InChI is InChI=1S/C26H19F3N4O2/c27-18-7-5-17(6-8-18)16-33(26(35)23-15-30-13-14-31-23)24(21-3-1-2-4-22(21)29)25(34)32-20-11-9-19(28)10-12-20/h1-15,24H,16H2,(H,32,34)/t24-/m0/s1. The summed E-state index contributed by atoms with van der Waals surface area (Å²) in [6, 6.07) is 14.5. The van der Waals surface area contributed by atoms with Gasteiger partial charge in [0.1, 0.15) is 29.2 Å². The fraction of sp³-hybridized carbons (Fsp3) is 0.0769. The van der Waals surface area contributed by atoms with Crippen molar-refractivity contribution < 1.29 is 22.8 Å². The molecule has 1 atom stereocenters. The Balaban J connectivity index is 1.79. The third-order valence-corrected chi connectivity index (χ3v) is 5.18. The van der Waals surface area contributed by atoms with Crippen LogP contribution in [0.3, 0.4) is 0 Å². The summed E-state index contributed by atoms with van der Waals surface area (Å²) in [6.45, 7) is -0.161. The van der Waals surface area contributed by atoms with Gasteiger partial charge in [0.2, 0.25) is 0 Å². The second kappa shape index (κ2) is 10.6. The van der Waals surface area contributed by atoms with Crippen LogP contribution < -0.4 is 5.32 Å². The number of benzene rings is 3. The molecule has 6 nitrogen and oxygen atoms in total. The smallest absolute Gasteiger partial charge is 0.275 e.